The quantitative estimate of drug-likeness (QED) is 0.911. The first-order chi connectivity index (χ1) is 11.7. The number of nitrogens with one attached hydrogen (secondary N) is 1. The molecular weight excluding hydrogens is 300 g/mol. The third-order valence-corrected chi connectivity index (χ3v) is 5.57. The molecule has 24 heavy (non-hydrogen) atoms. The number of hydrogen-bond donors (Lipinski definition) is 2. The molecule has 1 amide bonds. The van der Waals surface area contributed by atoms with Crippen LogP contribution in [0.3, 0.4) is 0 Å². The van der Waals surface area contributed by atoms with Crippen molar-refractivity contribution in [2.75, 3.05) is 0 Å². The fraction of sp³-hybridized carbons (Fsp3) is 0.474. The summed E-state index contributed by atoms with van der Waals surface area (Å²) in [6, 6.07) is 10.1. The molecule has 2 fully saturated rings. The van der Waals surface area contributed by atoms with Crippen molar-refractivity contribution in [3.63, 3.8) is 0 Å². The van der Waals surface area contributed by atoms with Gasteiger partial charge >= 0.3 is 0 Å². The molecule has 2 atom stereocenters. The van der Waals surface area contributed by atoms with Gasteiger partial charge in [-0.25, -0.2) is 4.68 Å². The largest absolute Gasteiger partial charge is 0.349 e. The fourth-order valence-corrected chi connectivity index (χ4v) is 4.45. The minimum Gasteiger partial charge on any atom is -0.349 e. The average molecular weight is 324 g/mol. The monoisotopic (exact) mass is 324 g/mol. The third kappa shape index (κ3) is 2.96. The van der Waals surface area contributed by atoms with Crippen LogP contribution in [0.2, 0.25) is 0 Å². The lowest BCUT2D eigenvalue weighted by Gasteiger charge is -2.45. The van der Waals surface area contributed by atoms with Crippen molar-refractivity contribution in [1.82, 2.24) is 15.1 Å². The molecule has 2 aromatic rings. The first-order valence-electron chi connectivity index (χ1n) is 8.87. The molecule has 2 unspecified atom stereocenters. The highest BCUT2D eigenvalue weighted by Gasteiger charge is 2.39. The van der Waals surface area contributed by atoms with Crippen LogP contribution in [0.5, 0.6) is 0 Å². The summed E-state index contributed by atoms with van der Waals surface area (Å²) in [7, 11) is 0. The molecule has 5 nitrogen and oxygen atoms in total. The topological polar surface area (TPSA) is 72.9 Å². The van der Waals surface area contributed by atoms with Crippen LogP contribution in [0.1, 0.15) is 42.5 Å². The van der Waals surface area contributed by atoms with E-state index in [9.17, 15) is 4.79 Å². The van der Waals surface area contributed by atoms with Crippen LogP contribution < -0.4 is 11.1 Å². The molecule has 2 aliphatic carbocycles. The van der Waals surface area contributed by atoms with E-state index in [1.807, 2.05) is 36.5 Å². The van der Waals surface area contributed by atoms with Gasteiger partial charge in [-0.2, -0.15) is 5.10 Å². The Kier molecular flexibility index (Phi) is 4.10. The van der Waals surface area contributed by atoms with Crippen molar-refractivity contribution in [3.05, 3.63) is 48.3 Å². The molecule has 2 aliphatic rings. The summed E-state index contributed by atoms with van der Waals surface area (Å²) in [5.74, 6) is 1.11. The molecule has 0 radical (unpaired) electrons. The van der Waals surface area contributed by atoms with Crippen LogP contribution in [0.15, 0.2) is 42.7 Å². The molecule has 1 heterocycles. The number of hydrogen-bond acceptors (Lipinski definition) is 3. The highest BCUT2D eigenvalue weighted by molar-refractivity contribution is 5.94. The smallest absolute Gasteiger partial charge is 0.251 e. The summed E-state index contributed by atoms with van der Waals surface area (Å²) < 4.78 is 1.79. The van der Waals surface area contributed by atoms with Crippen LogP contribution in [0.4, 0.5) is 0 Å². The van der Waals surface area contributed by atoms with E-state index >= 15 is 0 Å². The number of amides is 1. The van der Waals surface area contributed by atoms with Gasteiger partial charge in [0.25, 0.3) is 5.91 Å². The Morgan fingerprint density at radius 3 is 2.50 bits per heavy atom. The second-order valence-electron chi connectivity index (χ2n) is 7.18. The molecule has 3 N–H and O–H groups in total. The Morgan fingerprint density at radius 1 is 1.17 bits per heavy atom. The zero-order valence-electron chi connectivity index (χ0n) is 13.8. The Morgan fingerprint density at radius 2 is 1.88 bits per heavy atom. The van der Waals surface area contributed by atoms with Gasteiger partial charge in [0.05, 0.1) is 5.69 Å². The van der Waals surface area contributed by atoms with Gasteiger partial charge in [0.1, 0.15) is 0 Å². The van der Waals surface area contributed by atoms with Gasteiger partial charge in [0, 0.05) is 30.0 Å². The number of nitrogens with zero attached hydrogens (tertiary/aromatic N) is 2. The first-order valence-corrected chi connectivity index (χ1v) is 8.87. The summed E-state index contributed by atoms with van der Waals surface area (Å²) in [6.07, 6.45) is 9.36. The predicted molar refractivity (Wildman–Crippen MR) is 92.9 cm³/mol. The number of rotatable bonds is 3. The standard InChI is InChI=1S/C19H24N4O/c20-16-11-14-3-1-4-15(12-16)18(14)22-19(24)13-5-7-17(8-6-13)23-10-2-9-21-23/h2,5-10,14-16,18H,1,3-4,11-12,20H2,(H,22,24). The van der Waals surface area contributed by atoms with E-state index < -0.39 is 0 Å². The lowest BCUT2D eigenvalue weighted by atomic mass is 9.67. The second-order valence-corrected chi connectivity index (χ2v) is 7.18. The summed E-state index contributed by atoms with van der Waals surface area (Å²) in [5.41, 5.74) is 7.83. The maximum Gasteiger partial charge on any atom is 0.251 e. The first kappa shape index (κ1) is 15.4. The van der Waals surface area contributed by atoms with Gasteiger partial charge in [0.2, 0.25) is 0 Å². The summed E-state index contributed by atoms with van der Waals surface area (Å²) >= 11 is 0. The second kappa shape index (κ2) is 6.40. The molecule has 0 spiro atoms. The number of fused-ring (bicyclic) bond motifs is 2. The number of carbonyl (C=O) groups excluding carboxylic acids is 1. The van der Waals surface area contributed by atoms with E-state index in [1.165, 1.54) is 19.3 Å². The molecular formula is C19H24N4O. The molecule has 1 aromatic heterocycles. The van der Waals surface area contributed by atoms with E-state index in [2.05, 4.69) is 10.4 Å². The molecule has 126 valence electrons. The normalized spacial score (nSPS) is 29.2. The van der Waals surface area contributed by atoms with Crippen molar-refractivity contribution >= 4 is 5.91 Å². The third-order valence-electron chi connectivity index (χ3n) is 5.57. The van der Waals surface area contributed by atoms with Gasteiger partial charge in [0.15, 0.2) is 0 Å². The molecule has 1 aromatic carbocycles. The molecule has 4 rings (SSSR count). The van der Waals surface area contributed by atoms with Gasteiger partial charge in [-0.15, -0.1) is 0 Å². The van der Waals surface area contributed by atoms with Crippen LogP contribution in [0.25, 0.3) is 5.69 Å². The summed E-state index contributed by atoms with van der Waals surface area (Å²) in [4.78, 5) is 12.7. The zero-order chi connectivity index (χ0) is 16.5. The molecule has 0 saturated heterocycles. The Hall–Kier alpha value is -2.14. The van der Waals surface area contributed by atoms with E-state index in [-0.39, 0.29) is 11.9 Å². The SMILES string of the molecule is NC1CC2CCCC(C1)C2NC(=O)c1ccc(-n2cccn2)cc1. The minimum absolute atomic E-state index is 0.0272. The van der Waals surface area contributed by atoms with E-state index in [0.29, 0.717) is 23.4 Å². The van der Waals surface area contributed by atoms with E-state index in [1.54, 1.807) is 10.9 Å². The van der Waals surface area contributed by atoms with Crippen molar-refractivity contribution in [3.8, 4) is 5.69 Å². The van der Waals surface area contributed by atoms with Crippen molar-refractivity contribution < 1.29 is 4.79 Å². The number of carbonyl (C=O) groups is 1. The highest BCUT2D eigenvalue weighted by atomic mass is 16.1. The predicted octanol–water partition coefficient (Wildman–Crippen LogP) is 2.51. The number of nitrogens with two attached hydrogens (primary N) is 1. The molecule has 2 bridgehead atoms. The Labute approximate surface area is 142 Å². The highest BCUT2D eigenvalue weighted by Crippen LogP contribution is 2.39. The lowest BCUT2D eigenvalue weighted by molar-refractivity contribution is 0.0756. The van der Waals surface area contributed by atoms with Gasteiger partial charge in [-0.3, -0.25) is 4.79 Å². The van der Waals surface area contributed by atoms with E-state index in [0.717, 1.165) is 18.5 Å². The summed E-state index contributed by atoms with van der Waals surface area (Å²) in [6.45, 7) is 0. The fourth-order valence-electron chi connectivity index (χ4n) is 4.45. The Balaban J connectivity index is 1.46. The van der Waals surface area contributed by atoms with Crippen molar-refractivity contribution in [2.24, 2.45) is 17.6 Å². The zero-order valence-corrected chi connectivity index (χ0v) is 13.8. The molecule has 5 heteroatoms. The van der Waals surface area contributed by atoms with Crippen molar-refractivity contribution in [1.29, 1.82) is 0 Å². The van der Waals surface area contributed by atoms with Crippen molar-refractivity contribution in [2.45, 2.75) is 44.2 Å². The maximum absolute atomic E-state index is 12.7. The van der Waals surface area contributed by atoms with Gasteiger partial charge in [-0.1, -0.05) is 6.42 Å². The van der Waals surface area contributed by atoms with Crippen LogP contribution in [-0.2, 0) is 0 Å². The Bertz CT molecular complexity index is 681. The number of aromatic nitrogens is 2. The van der Waals surface area contributed by atoms with Gasteiger partial charge < -0.3 is 11.1 Å². The van der Waals surface area contributed by atoms with Crippen LogP contribution in [0, 0.1) is 11.8 Å². The lowest BCUT2D eigenvalue weighted by Crippen LogP contribution is -2.53. The minimum atomic E-state index is 0.0272. The average Bonchev–Trinajstić information content (AvgIpc) is 3.10. The molecule has 2 saturated carbocycles. The maximum atomic E-state index is 12.7. The van der Waals surface area contributed by atoms with Crippen LogP contribution in [-0.4, -0.2) is 27.8 Å². The summed E-state index contributed by atoms with van der Waals surface area (Å²) in [5, 5.41) is 7.50. The molecule has 0 aliphatic heterocycles. The van der Waals surface area contributed by atoms with E-state index in [4.69, 9.17) is 5.73 Å². The number of benzene rings is 1. The van der Waals surface area contributed by atoms with Crippen LogP contribution >= 0.6 is 0 Å². The van der Waals surface area contributed by atoms with Gasteiger partial charge in [-0.05, 0) is 67.9 Å².